The molecular formula is C18H23NO2. The van der Waals surface area contributed by atoms with Crippen molar-refractivity contribution in [3.8, 4) is 0 Å². The molecule has 1 heterocycles. The van der Waals surface area contributed by atoms with Crippen molar-refractivity contribution >= 4 is 0 Å². The van der Waals surface area contributed by atoms with Crippen molar-refractivity contribution < 1.29 is 9.15 Å². The first-order chi connectivity index (χ1) is 10.3. The summed E-state index contributed by atoms with van der Waals surface area (Å²) in [6.07, 6.45) is 1.22. The van der Waals surface area contributed by atoms with Gasteiger partial charge in [-0.05, 0) is 42.5 Å². The van der Waals surface area contributed by atoms with Crippen molar-refractivity contribution in [2.45, 2.75) is 31.9 Å². The number of nitrogens with one attached hydrogen (secondary N) is 1. The van der Waals surface area contributed by atoms with Gasteiger partial charge >= 0.3 is 0 Å². The van der Waals surface area contributed by atoms with Crippen LogP contribution in [0.15, 0.2) is 46.9 Å². The third kappa shape index (κ3) is 3.20. The van der Waals surface area contributed by atoms with Gasteiger partial charge in [-0.1, -0.05) is 37.3 Å². The van der Waals surface area contributed by atoms with Gasteiger partial charge in [-0.2, -0.15) is 0 Å². The summed E-state index contributed by atoms with van der Waals surface area (Å²) in [5.74, 6) is 3.19. The predicted octanol–water partition coefficient (Wildman–Crippen LogP) is 3.88. The molecule has 1 aliphatic carbocycles. The van der Waals surface area contributed by atoms with Crippen molar-refractivity contribution in [1.82, 2.24) is 5.32 Å². The van der Waals surface area contributed by atoms with Gasteiger partial charge in [-0.25, -0.2) is 0 Å². The minimum atomic E-state index is 0.297. The Labute approximate surface area is 126 Å². The van der Waals surface area contributed by atoms with Gasteiger partial charge in [0, 0.05) is 7.11 Å². The largest absolute Gasteiger partial charge is 0.462 e. The highest BCUT2D eigenvalue weighted by Crippen LogP contribution is 2.54. The molecular weight excluding hydrogens is 262 g/mol. The van der Waals surface area contributed by atoms with Gasteiger partial charge in [0.15, 0.2) is 0 Å². The molecule has 1 fully saturated rings. The van der Waals surface area contributed by atoms with Crippen molar-refractivity contribution in [3.05, 3.63) is 59.5 Å². The van der Waals surface area contributed by atoms with Crippen LogP contribution < -0.4 is 5.32 Å². The molecule has 3 unspecified atom stereocenters. The summed E-state index contributed by atoms with van der Waals surface area (Å²) in [4.78, 5) is 0. The summed E-state index contributed by atoms with van der Waals surface area (Å²) in [6.45, 7) is 3.63. The van der Waals surface area contributed by atoms with Crippen LogP contribution in [0.2, 0.25) is 0 Å². The van der Waals surface area contributed by atoms with Crippen LogP contribution in [-0.4, -0.2) is 13.7 Å². The van der Waals surface area contributed by atoms with E-state index < -0.39 is 0 Å². The second kappa shape index (κ2) is 6.46. The lowest BCUT2D eigenvalue weighted by Gasteiger charge is -2.15. The van der Waals surface area contributed by atoms with Gasteiger partial charge in [0.1, 0.15) is 18.1 Å². The third-order valence-electron chi connectivity index (χ3n) is 4.20. The number of hydrogen-bond donors (Lipinski definition) is 1. The molecule has 3 heteroatoms. The summed E-state index contributed by atoms with van der Waals surface area (Å²) in [5.41, 5.74) is 1.44. The number of ether oxygens (including phenoxy) is 1. The van der Waals surface area contributed by atoms with Crippen LogP contribution >= 0.6 is 0 Å². The Morgan fingerprint density at radius 3 is 2.76 bits per heavy atom. The summed E-state index contributed by atoms with van der Waals surface area (Å²) < 4.78 is 11.1. The third-order valence-corrected chi connectivity index (χ3v) is 4.20. The number of benzene rings is 1. The van der Waals surface area contributed by atoms with Gasteiger partial charge in [0.2, 0.25) is 0 Å². The smallest absolute Gasteiger partial charge is 0.129 e. The Morgan fingerprint density at radius 1 is 1.24 bits per heavy atom. The molecule has 1 saturated carbocycles. The van der Waals surface area contributed by atoms with Crippen molar-refractivity contribution in [2.24, 2.45) is 5.92 Å². The minimum Gasteiger partial charge on any atom is -0.462 e. The normalized spacial score (nSPS) is 22.2. The lowest BCUT2D eigenvalue weighted by Crippen LogP contribution is -2.22. The summed E-state index contributed by atoms with van der Waals surface area (Å²) in [5, 5.41) is 3.58. The van der Waals surface area contributed by atoms with E-state index in [0.717, 1.165) is 18.1 Å². The van der Waals surface area contributed by atoms with Gasteiger partial charge in [-0.3, -0.25) is 0 Å². The zero-order valence-electron chi connectivity index (χ0n) is 12.7. The zero-order chi connectivity index (χ0) is 14.7. The van der Waals surface area contributed by atoms with E-state index in [1.54, 1.807) is 7.11 Å². The molecule has 1 aliphatic rings. The molecule has 112 valence electrons. The molecule has 0 radical (unpaired) electrons. The van der Waals surface area contributed by atoms with Crippen LogP contribution in [0.5, 0.6) is 0 Å². The highest BCUT2D eigenvalue weighted by Gasteiger charge is 2.45. The van der Waals surface area contributed by atoms with Crippen molar-refractivity contribution in [2.75, 3.05) is 13.7 Å². The van der Waals surface area contributed by atoms with E-state index in [9.17, 15) is 0 Å². The average molecular weight is 285 g/mol. The van der Waals surface area contributed by atoms with Gasteiger partial charge < -0.3 is 14.5 Å². The molecule has 1 aromatic carbocycles. The van der Waals surface area contributed by atoms with Crippen molar-refractivity contribution in [3.63, 3.8) is 0 Å². The molecule has 1 N–H and O–H groups in total. The molecule has 0 aliphatic heterocycles. The van der Waals surface area contributed by atoms with Crippen LogP contribution in [0.1, 0.15) is 42.4 Å². The topological polar surface area (TPSA) is 34.4 Å². The predicted molar refractivity (Wildman–Crippen MR) is 83.1 cm³/mol. The second-order valence-electron chi connectivity index (χ2n) is 5.69. The first kappa shape index (κ1) is 14.4. The first-order valence-electron chi connectivity index (χ1n) is 7.69. The van der Waals surface area contributed by atoms with E-state index in [0.29, 0.717) is 24.5 Å². The summed E-state index contributed by atoms with van der Waals surface area (Å²) >= 11 is 0. The Kier molecular flexibility index (Phi) is 4.42. The average Bonchev–Trinajstić information content (AvgIpc) is 3.18. The Balaban J connectivity index is 1.73. The molecule has 1 aromatic heterocycles. The quantitative estimate of drug-likeness (QED) is 0.838. The molecule has 3 nitrogen and oxygen atoms in total. The van der Waals surface area contributed by atoms with E-state index in [1.165, 1.54) is 12.0 Å². The first-order valence-corrected chi connectivity index (χ1v) is 7.69. The number of rotatable bonds is 7. The van der Waals surface area contributed by atoms with Gasteiger partial charge in [0.25, 0.3) is 0 Å². The van der Waals surface area contributed by atoms with Crippen LogP contribution in [0, 0.1) is 5.92 Å². The lowest BCUT2D eigenvalue weighted by molar-refractivity contribution is 0.161. The molecule has 2 aromatic rings. The maximum Gasteiger partial charge on any atom is 0.129 e. The monoisotopic (exact) mass is 285 g/mol. The standard InChI is InChI=1S/C18H23NO2/c1-3-19-18(17-10-9-14(21-17)12-20-2)16-11-15(16)13-7-5-4-6-8-13/h4-10,15-16,18-19H,3,11-12H2,1-2H3. The summed E-state index contributed by atoms with van der Waals surface area (Å²) in [6, 6.07) is 15.2. The van der Waals surface area contributed by atoms with Crippen LogP contribution in [0.4, 0.5) is 0 Å². The highest BCUT2D eigenvalue weighted by molar-refractivity contribution is 5.28. The Morgan fingerprint density at radius 2 is 2.05 bits per heavy atom. The minimum absolute atomic E-state index is 0.297. The van der Waals surface area contributed by atoms with E-state index in [1.807, 2.05) is 6.07 Å². The second-order valence-corrected chi connectivity index (χ2v) is 5.69. The van der Waals surface area contributed by atoms with E-state index >= 15 is 0 Å². The molecule has 0 saturated heterocycles. The van der Waals surface area contributed by atoms with Gasteiger partial charge in [0.05, 0.1) is 6.04 Å². The molecule has 0 spiro atoms. The SMILES string of the molecule is CCNC(c1ccc(COC)o1)C1CC1c1ccccc1. The number of methoxy groups -OCH3 is 1. The Hall–Kier alpha value is -1.58. The van der Waals surface area contributed by atoms with Gasteiger partial charge in [-0.15, -0.1) is 0 Å². The molecule has 21 heavy (non-hydrogen) atoms. The fraction of sp³-hybridized carbons (Fsp3) is 0.444. The maximum atomic E-state index is 5.94. The Bertz CT molecular complexity index is 564. The molecule has 0 bridgehead atoms. The highest BCUT2D eigenvalue weighted by atomic mass is 16.5. The van der Waals surface area contributed by atoms with Crippen LogP contribution in [0.3, 0.4) is 0 Å². The lowest BCUT2D eigenvalue weighted by atomic mass is 10.0. The number of hydrogen-bond acceptors (Lipinski definition) is 3. The summed E-state index contributed by atoms with van der Waals surface area (Å²) in [7, 11) is 1.69. The van der Waals surface area contributed by atoms with E-state index in [4.69, 9.17) is 9.15 Å². The van der Waals surface area contributed by atoms with E-state index in [-0.39, 0.29) is 0 Å². The van der Waals surface area contributed by atoms with Crippen LogP contribution in [-0.2, 0) is 11.3 Å². The fourth-order valence-electron chi connectivity index (χ4n) is 3.13. The molecule has 0 amide bonds. The fourth-order valence-corrected chi connectivity index (χ4v) is 3.13. The zero-order valence-corrected chi connectivity index (χ0v) is 12.7. The van der Waals surface area contributed by atoms with Crippen molar-refractivity contribution in [1.29, 1.82) is 0 Å². The number of furan rings is 1. The van der Waals surface area contributed by atoms with E-state index in [2.05, 4.69) is 48.6 Å². The molecule has 3 atom stereocenters. The van der Waals surface area contributed by atoms with Crippen LogP contribution in [0.25, 0.3) is 0 Å². The molecule has 3 rings (SSSR count). The maximum absolute atomic E-state index is 5.94.